The van der Waals surface area contributed by atoms with Gasteiger partial charge in [0.15, 0.2) is 0 Å². The second-order valence-corrected chi connectivity index (χ2v) is 6.09. The molecule has 1 aliphatic heterocycles. The third-order valence-corrected chi connectivity index (χ3v) is 4.47. The molecular formula is C18H17F3N2O2. The van der Waals surface area contributed by atoms with Gasteiger partial charge < -0.3 is 10.0 Å². The lowest BCUT2D eigenvalue weighted by molar-refractivity contribution is -0.137. The topological polar surface area (TPSA) is 53.4 Å². The Morgan fingerprint density at radius 2 is 2.00 bits per heavy atom. The molecule has 1 aliphatic rings. The summed E-state index contributed by atoms with van der Waals surface area (Å²) < 4.78 is 38.5. The van der Waals surface area contributed by atoms with Crippen LogP contribution in [0.5, 0.6) is 0 Å². The lowest BCUT2D eigenvalue weighted by Crippen LogP contribution is -2.29. The van der Waals surface area contributed by atoms with Crippen LogP contribution in [0.15, 0.2) is 48.7 Å². The highest BCUT2D eigenvalue weighted by atomic mass is 19.4. The predicted octanol–water partition coefficient (Wildman–Crippen LogP) is 2.95. The Bertz CT molecular complexity index is 749. The summed E-state index contributed by atoms with van der Waals surface area (Å²) in [6.45, 7) is 0.484. The summed E-state index contributed by atoms with van der Waals surface area (Å²) in [6.07, 6.45) is -2.85. The molecule has 1 saturated heterocycles. The summed E-state index contributed by atoms with van der Waals surface area (Å²) in [4.78, 5) is 18.4. The van der Waals surface area contributed by atoms with Crippen LogP contribution in [0.25, 0.3) is 0 Å². The van der Waals surface area contributed by atoms with Crippen LogP contribution in [0.2, 0.25) is 0 Å². The molecule has 0 spiro atoms. The van der Waals surface area contributed by atoms with Gasteiger partial charge in [-0.1, -0.05) is 12.1 Å². The van der Waals surface area contributed by atoms with Crippen LogP contribution in [-0.4, -0.2) is 40.6 Å². The van der Waals surface area contributed by atoms with Crippen LogP contribution in [0.4, 0.5) is 13.2 Å². The van der Waals surface area contributed by atoms with E-state index in [0.717, 1.165) is 17.8 Å². The molecule has 2 atom stereocenters. The molecule has 1 amide bonds. The highest BCUT2D eigenvalue weighted by Crippen LogP contribution is 2.33. The van der Waals surface area contributed by atoms with Crippen molar-refractivity contribution in [1.29, 1.82) is 0 Å². The Morgan fingerprint density at radius 3 is 2.64 bits per heavy atom. The Balaban J connectivity index is 1.82. The number of nitrogens with zero attached hydrogens (tertiary/aromatic N) is 2. The first kappa shape index (κ1) is 17.4. The second-order valence-electron chi connectivity index (χ2n) is 6.09. The first-order chi connectivity index (χ1) is 11.9. The fourth-order valence-electron chi connectivity index (χ4n) is 3.16. The summed E-state index contributed by atoms with van der Waals surface area (Å²) in [5.41, 5.74) is -0.0911. The molecule has 1 aromatic carbocycles. The number of alkyl halides is 3. The molecule has 0 radical (unpaired) electrons. The summed E-state index contributed by atoms with van der Waals surface area (Å²) >= 11 is 0. The summed E-state index contributed by atoms with van der Waals surface area (Å²) in [6, 6.07) is 9.83. The molecule has 1 aromatic heterocycles. The van der Waals surface area contributed by atoms with Crippen molar-refractivity contribution in [1.82, 2.24) is 9.88 Å². The van der Waals surface area contributed by atoms with E-state index in [0.29, 0.717) is 6.54 Å². The quantitative estimate of drug-likeness (QED) is 0.926. The second kappa shape index (κ2) is 6.84. The van der Waals surface area contributed by atoms with Gasteiger partial charge in [-0.05, 0) is 30.3 Å². The number of hydrogen-bond acceptors (Lipinski definition) is 3. The number of aliphatic hydroxyl groups is 1. The number of amides is 1. The molecule has 2 aromatic rings. The van der Waals surface area contributed by atoms with Crippen LogP contribution in [0.3, 0.4) is 0 Å². The van der Waals surface area contributed by atoms with Crippen molar-refractivity contribution in [2.75, 3.05) is 19.7 Å². The third-order valence-electron chi connectivity index (χ3n) is 4.47. The fraction of sp³-hybridized carbons (Fsp3) is 0.333. The van der Waals surface area contributed by atoms with Gasteiger partial charge in [0.25, 0.3) is 5.91 Å². The van der Waals surface area contributed by atoms with E-state index >= 15 is 0 Å². The zero-order valence-corrected chi connectivity index (χ0v) is 13.3. The standard InChI is InChI=1S/C18H17F3N2O2/c19-18(20,21)14-5-3-4-12(8-14)17(25)23-9-13(11-24)15(10-23)16-6-1-2-7-22-16/h1-8,13,15,24H,9-11H2/t13-,15+/m0/s1. The molecule has 4 nitrogen and oxygen atoms in total. The minimum absolute atomic E-state index is 0.00631. The number of likely N-dealkylation sites (tertiary alicyclic amines) is 1. The van der Waals surface area contributed by atoms with Gasteiger partial charge in [-0.2, -0.15) is 13.2 Å². The van der Waals surface area contributed by atoms with Crippen LogP contribution < -0.4 is 0 Å². The maximum Gasteiger partial charge on any atom is 0.416 e. The Labute approximate surface area is 142 Å². The van der Waals surface area contributed by atoms with E-state index in [9.17, 15) is 23.1 Å². The first-order valence-corrected chi connectivity index (χ1v) is 7.88. The van der Waals surface area contributed by atoms with Crippen LogP contribution in [-0.2, 0) is 6.18 Å². The van der Waals surface area contributed by atoms with Gasteiger partial charge >= 0.3 is 6.18 Å². The molecule has 3 rings (SSSR count). The zero-order chi connectivity index (χ0) is 18.0. The van der Waals surface area contributed by atoms with E-state index < -0.39 is 17.6 Å². The van der Waals surface area contributed by atoms with Gasteiger partial charge in [0, 0.05) is 49.0 Å². The molecule has 7 heteroatoms. The SMILES string of the molecule is O=C(c1cccc(C(F)(F)F)c1)N1C[C@@H](CO)[C@H](c2ccccn2)C1. The largest absolute Gasteiger partial charge is 0.416 e. The summed E-state index contributed by atoms with van der Waals surface area (Å²) in [5.74, 6) is -0.798. The monoisotopic (exact) mass is 350 g/mol. The molecule has 0 saturated carbocycles. The Kier molecular flexibility index (Phi) is 4.76. The van der Waals surface area contributed by atoms with Crippen LogP contribution >= 0.6 is 0 Å². The first-order valence-electron chi connectivity index (χ1n) is 7.88. The van der Waals surface area contributed by atoms with E-state index in [1.807, 2.05) is 12.1 Å². The van der Waals surface area contributed by atoms with Gasteiger partial charge in [0.05, 0.1) is 5.56 Å². The fourth-order valence-corrected chi connectivity index (χ4v) is 3.16. The summed E-state index contributed by atoms with van der Waals surface area (Å²) in [7, 11) is 0. The molecule has 2 heterocycles. The lowest BCUT2D eigenvalue weighted by atomic mass is 9.93. The Hall–Kier alpha value is -2.41. The van der Waals surface area contributed by atoms with Crippen molar-refractivity contribution >= 4 is 5.91 Å². The number of carbonyl (C=O) groups is 1. The average molecular weight is 350 g/mol. The van der Waals surface area contributed by atoms with Crippen molar-refractivity contribution in [2.45, 2.75) is 12.1 Å². The number of hydrogen-bond donors (Lipinski definition) is 1. The summed E-state index contributed by atoms with van der Waals surface area (Å²) in [5, 5.41) is 9.60. The number of aliphatic hydroxyl groups excluding tert-OH is 1. The maximum atomic E-state index is 12.8. The van der Waals surface area contributed by atoms with Gasteiger partial charge in [0.2, 0.25) is 0 Å². The minimum Gasteiger partial charge on any atom is -0.396 e. The molecule has 0 unspecified atom stereocenters. The van der Waals surface area contributed by atoms with Crippen molar-refractivity contribution in [3.05, 3.63) is 65.5 Å². The van der Waals surface area contributed by atoms with E-state index in [1.54, 1.807) is 12.3 Å². The number of carbonyl (C=O) groups excluding carboxylic acids is 1. The molecule has 132 valence electrons. The average Bonchev–Trinajstić information content (AvgIpc) is 3.05. The van der Waals surface area contributed by atoms with Crippen molar-refractivity contribution in [3.63, 3.8) is 0 Å². The molecule has 1 fully saturated rings. The number of halogens is 3. The molecular weight excluding hydrogens is 333 g/mol. The molecule has 0 aliphatic carbocycles. The zero-order valence-electron chi connectivity index (χ0n) is 13.3. The highest BCUT2D eigenvalue weighted by Gasteiger charge is 2.37. The highest BCUT2D eigenvalue weighted by molar-refractivity contribution is 5.94. The van der Waals surface area contributed by atoms with Crippen molar-refractivity contribution in [3.8, 4) is 0 Å². The number of benzene rings is 1. The van der Waals surface area contributed by atoms with E-state index in [1.165, 1.54) is 17.0 Å². The lowest BCUT2D eigenvalue weighted by Gasteiger charge is -2.17. The Morgan fingerprint density at radius 1 is 1.20 bits per heavy atom. The van der Waals surface area contributed by atoms with Crippen LogP contribution in [0.1, 0.15) is 27.5 Å². The normalized spacial score (nSPS) is 20.7. The third kappa shape index (κ3) is 3.66. The predicted molar refractivity (Wildman–Crippen MR) is 84.9 cm³/mol. The molecule has 25 heavy (non-hydrogen) atoms. The van der Waals surface area contributed by atoms with Crippen molar-refractivity contribution in [2.24, 2.45) is 5.92 Å². The smallest absolute Gasteiger partial charge is 0.396 e. The van der Waals surface area contributed by atoms with E-state index in [4.69, 9.17) is 0 Å². The molecule has 1 N–H and O–H groups in total. The maximum absolute atomic E-state index is 12.8. The van der Waals surface area contributed by atoms with Gasteiger partial charge in [0.1, 0.15) is 0 Å². The van der Waals surface area contributed by atoms with Crippen LogP contribution in [0, 0.1) is 5.92 Å². The van der Waals surface area contributed by atoms with E-state index in [2.05, 4.69) is 4.98 Å². The van der Waals surface area contributed by atoms with Crippen molar-refractivity contribution < 1.29 is 23.1 Å². The number of rotatable bonds is 3. The molecule has 0 bridgehead atoms. The van der Waals surface area contributed by atoms with Gasteiger partial charge in [-0.3, -0.25) is 9.78 Å². The number of pyridine rings is 1. The van der Waals surface area contributed by atoms with Gasteiger partial charge in [-0.15, -0.1) is 0 Å². The van der Waals surface area contributed by atoms with Gasteiger partial charge in [-0.25, -0.2) is 0 Å². The minimum atomic E-state index is -4.49. The number of aromatic nitrogens is 1. The van der Waals surface area contributed by atoms with E-state index in [-0.39, 0.29) is 30.6 Å².